The zero-order valence-electron chi connectivity index (χ0n) is 10.5. The van der Waals surface area contributed by atoms with Gasteiger partial charge >= 0.3 is 0 Å². The van der Waals surface area contributed by atoms with E-state index in [9.17, 15) is 9.59 Å². The first-order chi connectivity index (χ1) is 8.52. The van der Waals surface area contributed by atoms with Gasteiger partial charge in [-0.15, -0.1) is 0 Å². The minimum Gasteiger partial charge on any atom is -0.352 e. The van der Waals surface area contributed by atoms with Crippen molar-refractivity contribution in [1.29, 1.82) is 0 Å². The van der Waals surface area contributed by atoms with Crippen LogP contribution in [0.1, 0.15) is 30.6 Å². The second-order valence-corrected chi connectivity index (χ2v) is 4.99. The van der Waals surface area contributed by atoms with Gasteiger partial charge in [0.15, 0.2) is 0 Å². The maximum atomic E-state index is 11.7. The molecule has 0 heterocycles. The van der Waals surface area contributed by atoms with Crippen LogP contribution >= 0.6 is 15.9 Å². The predicted molar refractivity (Wildman–Crippen MR) is 74.4 cm³/mol. The van der Waals surface area contributed by atoms with Crippen molar-refractivity contribution >= 4 is 27.7 Å². The zero-order chi connectivity index (χ0) is 13.5. The van der Waals surface area contributed by atoms with Crippen LogP contribution in [0.5, 0.6) is 0 Å². The van der Waals surface area contributed by atoms with E-state index in [2.05, 4.69) is 26.6 Å². The number of carbonyl (C=O) groups is 2. The largest absolute Gasteiger partial charge is 0.352 e. The molecule has 1 atom stereocenters. The van der Waals surface area contributed by atoms with Gasteiger partial charge in [-0.1, -0.05) is 28.9 Å². The molecule has 2 N–H and O–H groups in total. The number of rotatable bonds is 5. The molecule has 0 fully saturated rings. The molecule has 1 rings (SSSR count). The van der Waals surface area contributed by atoms with Crippen LogP contribution < -0.4 is 10.6 Å². The van der Waals surface area contributed by atoms with Crippen LogP contribution in [-0.2, 0) is 4.79 Å². The maximum Gasteiger partial charge on any atom is 0.251 e. The molecular formula is C13H17BrN2O2. The van der Waals surface area contributed by atoms with Crippen molar-refractivity contribution in [1.82, 2.24) is 10.6 Å². The number of nitrogens with one attached hydrogen (secondary N) is 2. The third-order valence-electron chi connectivity index (χ3n) is 2.52. The Morgan fingerprint density at radius 1 is 1.39 bits per heavy atom. The smallest absolute Gasteiger partial charge is 0.251 e. The molecule has 0 spiro atoms. The first kappa shape index (κ1) is 14.7. The molecule has 1 unspecified atom stereocenters. The summed E-state index contributed by atoms with van der Waals surface area (Å²) in [6.07, 6.45) is 0.866. The van der Waals surface area contributed by atoms with Crippen molar-refractivity contribution in [3.05, 3.63) is 34.3 Å². The van der Waals surface area contributed by atoms with Gasteiger partial charge in [0.2, 0.25) is 5.91 Å². The highest BCUT2D eigenvalue weighted by atomic mass is 79.9. The van der Waals surface area contributed by atoms with Gasteiger partial charge in [0.1, 0.15) is 0 Å². The molecule has 0 aliphatic rings. The Labute approximate surface area is 115 Å². The summed E-state index contributed by atoms with van der Waals surface area (Å²) >= 11 is 3.29. The highest BCUT2D eigenvalue weighted by Crippen LogP contribution is 2.11. The van der Waals surface area contributed by atoms with Crippen molar-refractivity contribution in [2.24, 2.45) is 0 Å². The lowest BCUT2D eigenvalue weighted by atomic mass is 10.2. The summed E-state index contributed by atoms with van der Waals surface area (Å²) in [6, 6.07) is 7.15. The standard InChI is InChI=1S/C13H17BrN2O2/c1-3-9(2)16-12(17)8-15-13(18)10-5-4-6-11(14)7-10/h4-7,9H,3,8H2,1-2H3,(H,15,18)(H,16,17). The SMILES string of the molecule is CCC(C)NC(=O)CNC(=O)c1cccc(Br)c1. The lowest BCUT2D eigenvalue weighted by Crippen LogP contribution is -2.40. The Balaban J connectivity index is 2.44. The minimum atomic E-state index is -0.254. The van der Waals surface area contributed by atoms with Crippen molar-refractivity contribution in [3.63, 3.8) is 0 Å². The molecule has 0 aromatic heterocycles. The highest BCUT2D eigenvalue weighted by molar-refractivity contribution is 9.10. The van der Waals surface area contributed by atoms with E-state index in [1.165, 1.54) is 0 Å². The van der Waals surface area contributed by atoms with Crippen molar-refractivity contribution in [2.45, 2.75) is 26.3 Å². The van der Waals surface area contributed by atoms with Gasteiger partial charge < -0.3 is 10.6 Å². The van der Waals surface area contributed by atoms with E-state index in [4.69, 9.17) is 0 Å². The Hall–Kier alpha value is -1.36. The Kier molecular flexibility index (Phi) is 5.85. The van der Waals surface area contributed by atoms with Gasteiger partial charge in [0.25, 0.3) is 5.91 Å². The number of halogens is 1. The Morgan fingerprint density at radius 2 is 2.11 bits per heavy atom. The predicted octanol–water partition coefficient (Wildman–Crippen LogP) is 2.09. The van der Waals surface area contributed by atoms with Crippen molar-refractivity contribution in [2.75, 3.05) is 6.54 Å². The van der Waals surface area contributed by atoms with E-state index >= 15 is 0 Å². The average Bonchev–Trinajstić information content (AvgIpc) is 2.35. The fourth-order valence-corrected chi connectivity index (χ4v) is 1.72. The second-order valence-electron chi connectivity index (χ2n) is 4.07. The van der Waals surface area contributed by atoms with E-state index < -0.39 is 0 Å². The van der Waals surface area contributed by atoms with Crippen LogP contribution in [0.2, 0.25) is 0 Å². The van der Waals surface area contributed by atoms with Crippen molar-refractivity contribution in [3.8, 4) is 0 Å². The molecule has 0 radical (unpaired) electrons. The molecule has 1 aromatic carbocycles. The van der Waals surface area contributed by atoms with Gasteiger partial charge in [-0.25, -0.2) is 0 Å². The number of hydrogen-bond donors (Lipinski definition) is 2. The monoisotopic (exact) mass is 312 g/mol. The molecule has 0 aliphatic heterocycles. The van der Waals surface area contributed by atoms with Gasteiger partial charge in [-0.2, -0.15) is 0 Å². The lowest BCUT2D eigenvalue weighted by molar-refractivity contribution is -0.120. The molecule has 0 aliphatic carbocycles. The number of amides is 2. The van der Waals surface area contributed by atoms with Gasteiger partial charge in [-0.3, -0.25) is 9.59 Å². The molecule has 18 heavy (non-hydrogen) atoms. The summed E-state index contributed by atoms with van der Waals surface area (Å²) in [4.78, 5) is 23.2. The molecule has 2 amide bonds. The van der Waals surface area contributed by atoms with Gasteiger partial charge in [0, 0.05) is 16.1 Å². The average molecular weight is 313 g/mol. The zero-order valence-corrected chi connectivity index (χ0v) is 12.1. The fourth-order valence-electron chi connectivity index (χ4n) is 1.32. The van der Waals surface area contributed by atoms with Gasteiger partial charge in [-0.05, 0) is 31.5 Å². The number of hydrogen-bond acceptors (Lipinski definition) is 2. The van der Waals surface area contributed by atoms with E-state index in [0.717, 1.165) is 10.9 Å². The van der Waals surface area contributed by atoms with E-state index in [-0.39, 0.29) is 24.4 Å². The summed E-state index contributed by atoms with van der Waals surface area (Å²) in [5, 5.41) is 5.37. The summed E-state index contributed by atoms with van der Waals surface area (Å²) < 4.78 is 0.833. The maximum absolute atomic E-state index is 11.7. The van der Waals surface area contributed by atoms with Crippen LogP contribution in [-0.4, -0.2) is 24.4 Å². The van der Waals surface area contributed by atoms with Crippen LogP contribution in [0.25, 0.3) is 0 Å². The van der Waals surface area contributed by atoms with Crippen LogP contribution in [0, 0.1) is 0 Å². The van der Waals surface area contributed by atoms with Crippen LogP contribution in [0.4, 0.5) is 0 Å². The summed E-state index contributed by atoms with van der Waals surface area (Å²) in [6.45, 7) is 3.91. The van der Waals surface area contributed by atoms with Crippen LogP contribution in [0.15, 0.2) is 28.7 Å². The topological polar surface area (TPSA) is 58.2 Å². The normalized spacial score (nSPS) is 11.7. The first-order valence-electron chi connectivity index (χ1n) is 5.86. The molecule has 0 bridgehead atoms. The Morgan fingerprint density at radius 3 is 2.72 bits per heavy atom. The summed E-state index contributed by atoms with van der Waals surface area (Å²) in [7, 11) is 0. The quantitative estimate of drug-likeness (QED) is 0.874. The van der Waals surface area contributed by atoms with Gasteiger partial charge in [0.05, 0.1) is 6.54 Å². The molecular weight excluding hydrogens is 296 g/mol. The molecule has 4 nitrogen and oxygen atoms in total. The van der Waals surface area contributed by atoms with Crippen molar-refractivity contribution < 1.29 is 9.59 Å². The third-order valence-corrected chi connectivity index (χ3v) is 3.01. The lowest BCUT2D eigenvalue weighted by Gasteiger charge is -2.11. The number of carbonyl (C=O) groups excluding carboxylic acids is 2. The first-order valence-corrected chi connectivity index (χ1v) is 6.65. The molecule has 5 heteroatoms. The number of benzene rings is 1. The Bertz CT molecular complexity index is 435. The van der Waals surface area contributed by atoms with E-state index in [1.54, 1.807) is 18.2 Å². The summed E-state index contributed by atoms with van der Waals surface area (Å²) in [5.41, 5.74) is 0.528. The van der Waals surface area contributed by atoms with E-state index in [0.29, 0.717) is 5.56 Å². The summed E-state index contributed by atoms with van der Waals surface area (Å²) in [5.74, 6) is -0.428. The highest BCUT2D eigenvalue weighted by Gasteiger charge is 2.09. The van der Waals surface area contributed by atoms with Crippen LogP contribution in [0.3, 0.4) is 0 Å². The second kappa shape index (κ2) is 7.16. The third kappa shape index (κ3) is 4.87. The minimum absolute atomic E-state index is 0.00428. The molecule has 0 saturated carbocycles. The molecule has 0 saturated heterocycles. The molecule has 1 aromatic rings. The van der Waals surface area contributed by atoms with E-state index in [1.807, 2.05) is 19.9 Å². The fraction of sp³-hybridized carbons (Fsp3) is 0.385. The molecule has 98 valence electrons.